The average molecular weight is 331 g/mol. The number of ether oxygens (including phenoxy) is 1. The second-order valence-corrected chi connectivity index (χ2v) is 5.60. The molecule has 0 spiro atoms. The predicted molar refractivity (Wildman–Crippen MR) is 85.4 cm³/mol. The minimum Gasteiger partial charge on any atom is -0.493 e. The maximum Gasteiger partial charge on any atom is 0.345 e. The molecule has 8 heteroatoms. The fourth-order valence-electron chi connectivity index (χ4n) is 2.23. The molecule has 0 saturated heterocycles. The van der Waals surface area contributed by atoms with E-state index in [0.717, 1.165) is 21.7 Å². The van der Waals surface area contributed by atoms with Crippen molar-refractivity contribution in [2.75, 3.05) is 6.61 Å². The highest BCUT2D eigenvalue weighted by Gasteiger charge is 2.26. The summed E-state index contributed by atoms with van der Waals surface area (Å²) in [5.74, 6) is -1.20. The van der Waals surface area contributed by atoms with Crippen LogP contribution >= 0.6 is 11.5 Å². The molecule has 1 N–H and O–H groups in total. The Balaban J connectivity index is 2.36. The summed E-state index contributed by atoms with van der Waals surface area (Å²) >= 11 is 0.868. The lowest BCUT2D eigenvalue weighted by atomic mass is 10.2. The van der Waals surface area contributed by atoms with Crippen molar-refractivity contribution in [3.63, 3.8) is 0 Å². The van der Waals surface area contributed by atoms with Crippen LogP contribution in [0.1, 0.15) is 22.8 Å². The van der Waals surface area contributed by atoms with E-state index in [1.54, 1.807) is 31.2 Å². The first kappa shape index (κ1) is 15.2. The molecule has 0 radical (unpaired) electrons. The molecule has 0 amide bonds. The highest BCUT2D eigenvalue weighted by atomic mass is 32.1. The monoisotopic (exact) mass is 331 g/mol. The van der Waals surface area contributed by atoms with Crippen LogP contribution in [0.3, 0.4) is 0 Å². The molecule has 0 aliphatic heterocycles. The van der Waals surface area contributed by atoms with Gasteiger partial charge in [-0.1, -0.05) is 22.2 Å². The molecule has 2 heterocycles. The summed E-state index contributed by atoms with van der Waals surface area (Å²) in [6.07, 6.45) is 0. The molecular weight excluding hydrogens is 318 g/mol. The van der Waals surface area contributed by atoms with E-state index >= 15 is 0 Å². The third kappa shape index (κ3) is 2.46. The fourth-order valence-corrected chi connectivity index (χ4v) is 2.92. The van der Waals surface area contributed by atoms with Crippen molar-refractivity contribution in [1.29, 1.82) is 0 Å². The number of aromatic hydroxyl groups is 1. The zero-order chi connectivity index (χ0) is 16.6. The van der Waals surface area contributed by atoms with Crippen LogP contribution in [0, 0.1) is 6.92 Å². The van der Waals surface area contributed by atoms with E-state index in [1.165, 1.54) is 0 Å². The molecule has 3 aromatic rings. The van der Waals surface area contributed by atoms with Crippen LogP contribution in [0.15, 0.2) is 29.1 Å². The van der Waals surface area contributed by atoms with Gasteiger partial charge in [-0.25, -0.2) is 9.36 Å². The Labute approximate surface area is 134 Å². The summed E-state index contributed by atoms with van der Waals surface area (Å²) in [6.45, 7) is 3.71. The third-order valence-corrected chi connectivity index (χ3v) is 4.07. The Morgan fingerprint density at radius 3 is 2.70 bits per heavy atom. The van der Waals surface area contributed by atoms with Crippen LogP contribution in [0.5, 0.6) is 5.88 Å². The van der Waals surface area contributed by atoms with Crippen molar-refractivity contribution < 1.29 is 14.6 Å². The van der Waals surface area contributed by atoms with Crippen LogP contribution in [0.4, 0.5) is 0 Å². The smallest absolute Gasteiger partial charge is 0.345 e. The number of benzene rings is 1. The highest BCUT2D eigenvalue weighted by Crippen LogP contribution is 2.29. The number of fused-ring (bicyclic) bond motifs is 1. The van der Waals surface area contributed by atoms with Crippen LogP contribution in [0.2, 0.25) is 0 Å². The standard InChI is InChI=1S/C15H13N3O4S/c1-3-22-15(21)10-12-11(16-17-23-12)14(20)18(13(10)19)9-6-4-8(2)5-7-9/h4-7,19H,3H2,1-2H3. The van der Waals surface area contributed by atoms with E-state index in [-0.39, 0.29) is 22.4 Å². The topological polar surface area (TPSA) is 94.3 Å². The Hall–Kier alpha value is -2.74. The fraction of sp³-hybridized carbons (Fsp3) is 0.200. The molecule has 0 bridgehead atoms. The average Bonchev–Trinajstić information content (AvgIpc) is 2.99. The first-order valence-electron chi connectivity index (χ1n) is 6.88. The lowest BCUT2D eigenvalue weighted by molar-refractivity contribution is 0.0524. The largest absolute Gasteiger partial charge is 0.493 e. The van der Waals surface area contributed by atoms with Gasteiger partial charge < -0.3 is 9.84 Å². The van der Waals surface area contributed by atoms with Gasteiger partial charge in [0.1, 0.15) is 10.3 Å². The number of esters is 1. The molecule has 7 nitrogen and oxygen atoms in total. The Bertz CT molecular complexity index is 944. The predicted octanol–water partition coefficient (Wildman–Crippen LogP) is 2.03. The van der Waals surface area contributed by atoms with Crippen molar-refractivity contribution in [3.8, 4) is 11.6 Å². The lowest BCUT2D eigenvalue weighted by Gasteiger charge is -2.12. The van der Waals surface area contributed by atoms with E-state index in [2.05, 4.69) is 9.59 Å². The van der Waals surface area contributed by atoms with Gasteiger partial charge in [0.15, 0.2) is 5.52 Å². The van der Waals surface area contributed by atoms with E-state index in [4.69, 9.17) is 4.74 Å². The number of aryl methyl sites for hydroxylation is 1. The second kappa shape index (κ2) is 5.81. The molecule has 2 aromatic heterocycles. The number of hydrogen-bond donors (Lipinski definition) is 1. The first-order valence-corrected chi connectivity index (χ1v) is 7.66. The van der Waals surface area contributed by atoms with Gasteiger partial charge in [-0.15, -0.1) is 5.10 Å². The van der Waals surface area contributed by atoms with Crippen LogP contribution in [-0.4, -0.2) is 31.8 Å². The maximum absolute atomic E-state index is 12.6. The van der Waals surface area contributed by atoms with Crippen molar-refractivity contribution in [2.24, 2.45) is 0 Å². The van der Waals surface area contributed by atoms with Crippen LogP contribution in [-0.2, 0) is 4.74 Å². The van der Waals surface area contributed by atoms with Gasteiger partial charge in [0.25, 0.3) is 5.56 Å². The maximum atomic E-state index is 12.6. The van der Waals surface area contributed by atoms with Crippen molar-refractivity contribution in [2.45, 2.75) is 13.8 Å². The molecule has 0 fully saturated rings. The quantitative estimate of drug-likeness (QED) is 0.738. The number of aromatic nitrogens is 3. The minimum absolute atomic E-state index is 0.0245. The number of carbonyl (C=O) groups is 1. The van der Waals surface area contributed by atoms with Gasteiger partial charge >= 0.3 is 5.97 Å². The normalized spacial score (nSPS) is 10.9. The third-order valence-electron chi connectivity index (χ3n) is 3.33. The van der Waals surface area contributed by atoms with Gasteiger partial charge in [-0.2, -0.15) is 0 Å². The molecular formula is C15H13N3O4S. The van der Waals surface area contributed by atoms with E-state index < -0.39 is 17.4 Å². The molecule has 0 aliphatic rings. The SMILES string of the molecule is CCOC(=O)c1c(O)n(-c2ccc(C)cc2)c(=O)c2nnsc12. The summed E-state index contributed by atoms with van der Waals surface area (Å²) in [7, 11) is 0. The molecule has 23 heavy (non-hydrogen) atoms. The molecule has 118 valence electrons. The first-order chi connectivity index (χ1) is 11.0. The Morgan fingerprint density at radius 2 is 2.04 bits per heavy atom. The van der Waals surface area contributed by atoms with E-state index in [9.17, 15) is 14.7 Å². The summed E-state index contributed by atoms with van der Waals surface area (Å²) in [6, 6.07) is 6.96. The Kier molecular flexibility index (Phi) is 3.83. The van der Waals surface area contributed by atoms with Crippen molar-refractivity contribution in [3.05, 3.63) is 45.7 Å². The molecule has 0 aliphatic carbocycles. The molecule has 0 saturated carbocycles. The number of carbonyl (C=O) groups excluding carboxylic acids is 1. The van der Waals surface area contributed by atoms with Gasteiger partial charge in [-0.3, -0.25) is 4.79 Å². The minimum atomic E-state index is -0.720. The van der Waals surface area contributed by atoms with E-state index in [1.807, 2.05) is 6.92 Å². The number of pyridine rings is 1. The summed E-state index contributed by atoms with van der Waals surface area (Å²) < 4.78 is 9.94. The number of rotatable bonds is 3. The number of nitrogens with zero attached hydrogens (tertiary/aromatic N) is 3. The van der Waals surface area contributed by atoms with E-state index in [0.29, 0.717) is 5.69 Å². The zero-order valence-corrected chi connectivity index (χ0v) is 13.3. The summed E-state index contributed by atoms with van der Waals surface area (Å²) in [5, 5.41) is 14.3. The Morgan fingerprint density at radius 1 is 1.35 bits per heavy atom. The van der Waals surface area contributed by atoms with Gasteiger partial charge in [0.2, 0.25) is 5.88 Å². The van der Waals surface area contributed by atoms with Gasteiger partial charge in [-0.05, 0) is 37.5 Å². The van der Waals surface area contributed by atoms with Crippen molar-refractivity contribution in [1.82, 2.24) is 14.2 Å². The summed E-state index contributed by atoms with van der Waals surface area (Å²) in [4.78, 5) is 24.8. The summed E-state index contributed by atoms with van der Waals surface area (Å²) in [5.41, 5.74) is 0.818. The van der Waals surface area contributed by atoms with Crippen LogP contribution in [0.25, 0.3) is 15.9 Å². The molecule has 0 atom stereocenters. The lowest BCUT2D eigenvalue weighted by Crippen LogP contribution is -2.22. The number of hydrogen-bond acceptors (Lipinski definition) is 7. The van der Waals surface area contributed by atoms with Gasteiger partial charge in [0, 0.05) is 0 Å². The molecule has 1 aromatic carbocycles. The molecule has 3 rings (SSSR count). The molecule has 0 unspecified atom stereocenters. The van der Waals surface area contributed by atoms with Crippen molar-refractivity contribution >= 4 is 27.7 Å². The second-order valence-electron chi connectivity index (χ2n) is 4.85. The van der Waals surface area contributed by atoms with Crippen LogP contribution < -0.4 is 5.56 Å². The van der Waals surface area contributed by atoms with Gasteiger partial charge in [0.05, 0.1) is 12.3 Å². The highest BCUT2D eigenvalue weighted by molar-refractivity contribution is 7.13. The zero-order valence-electron chi connectivity index (χ0n) is 12.4.